The van der Waals surface area contributed by atoms with Crippen LogP contribution in [0, 0.1) is 0 Å². The second-order valence-corrected chi connectivity index (χ2v) is 8.37. The van der Waals surface area contributed by atoms with Crippen LogP contribution in [0.1, 0.15) is 35.9 Å². The van der Waals surface area contributed by atoms with Gasteiger partial charge in [-0.15, -0.1) is 0 Å². The van der Waals surface area contributed by atoms with Crippen LogP contribution in [0.3, 0.4) is 0 Å². The molecule has 0 bridgehead atoms. The second kappa shape index (κ2) is 8.86. The summed E-state index contributed by atoms with van der Waals surface area (Å²) >= 11 is 0. The van der Waals surface area contributed by atoms with Crippen molar-refractivity contribution < 1.29 is 28.8 Å². The molecular weight excluding hydrogens is 452 g/mol. The lowest BCUT2D eigenvalue weighted by Gasteiger charge is -2.35. The molecule has 182 valence electrons. The van der Waals surface area contributed by atoms with Crippen LogP contribution in [-0.2, 0) is 4.79 Å². The molecule has 2 aliphatic rings. The zero-order valence-corrected chi connectivity index (χ0v) is 19.9. The van der Waals surface area contributed by atoms with Crippen LogP contribution >= 0.6 is 0 Å². The molecule has 3 aromatic rings. The van der Waals surface area contributed by atoms with Crippen LogP contribution in [0.5, 0.6) is 28.7 Å². The molecule has 35 heavy (non-hydrogen) atoms. The molecule has 1 aliphatic carbocycles. The van der Waals surface area contributed by atoms with E-state index in [1.54, 1.807) is 44.2 Å². The van der Waals surface area contributed by atoms with Gasteiger partial charge in [0.25, 0.3) is 0 Å². The summed E-state index contributed by atoms with van der Waals surface area (Å²) in [6.45, 7) is 0. The predicted molar refractivity (Wildman–Crippen MR) is 127 cm³/mol. The molecule has 0 fully saturated rings. The summed E-state index contributed by atoms with van der Waals surface area (Å²) in [7, 11) is 6.18. The van der Waals surface area contributed by atoms with E-state index in [0.717, 1.165) is 16.8 Å². The van der Waals surface area contributed by atoms with Gasteiger partial charge in [-0.3, -0.25) is 4.79 Å². The number of carbonyl (C=O) groups excluding carboxylic acids is 1. The molecule has 1 aliphatic heterocycles. The maximum absolute atomic E-state index is 13.7. The second-order valence-electron chi connectivity index (χ2n) is 8.37. The smallest absolute Gasteiger partial charge is 0.226 e. The molecule has 1 aromatic heterocycles. The minimum Gasteiger partial charge on any atom is -0.504 e. The molecule has 10 heteroatoms. The molecule has 10 nitrogen and oxygen atoms in total. The van der Waals surface area contributed by atoms with Gasteiger partial charge in [-0.2, -0.15) is 10.1 Å². The molecule has 0 radical (unpaired) electrons. The molecule has 0 unspecified atom stereocenters. The van der Waals surface area contributed by atoms with Gasteiger partial charge in [0.15, 0.2) is 28.8 Å². The van der Waals surface area contributed by atoms with Gasteiger partial charge in [0.2, 0.25) is 11.7 Å². The fourth-order valence-corrected chi connectivity index (χ4v) is 4.90. The maximum atomic E-state index is 13.7. The lowest BCUT2D eigenvalue weighted by molar-refractivity contribution is -0.116. The summed E-state index contributed by atoms with van der Waals surface area (Å²) in [5.74, 6) is 2.37. The third-order valence-corrected chi connectivity index (χ3v) is 6.54. The number of Topliss-reactive ketones (excluding diaryl/α,β-unsaturated/α-hetero) is 1. The number of nitrogens with one attached hydrogen (secondary N) is 1. The van der Waals surface area contributed by atoms with E-state index in [2.05, 4.69) is 15.4 Å². The van der Waals surface area contributed by atoms with Gasteiger partial charge in [0.1, 0.15) is 12.4 Å². The first kappa shape index (κ1) is 22.6. The molecule has 0 saturated carbocycles. The number of methoxy groups -OCH3 is 4. The average molecular weight is 479 g/mol. The fourth-order valence-electron chi connectivity index (χ4n) is 4.90. The molecule has 0 saturated heterocycles. The summed E-state index contributed by atoms with van der Waals surface area (Å²) in [6, 6.07) is 8.32. The molecule has 2 heterocycles. The van der Waals surface area contributed by atoms with Crippen LogP contribution in [0.2, 0.25) is 0 Å². The number of fused-ring (bicyclic) bond motifs is 1. The summed E-state index contributed by atoms with van der Waals surface area (Å²) in [4.78, 5) is 18.0. The summed E-state index contributed by atoms with van der Waals surface area (Å²) in [5, 5.41) is 17.8. The van der Waals surface area contributed by atoms with Gasteiger partial charge >= 0.3 is 0 Å². The number of aromatic hydroxyl groups is 1. The number of anilines is 1. The Kier molecular flexibility index (Phi) is 5.72. The van der Waals surface area contributed by atoms with Crippen molar-refractivity contribution in [2.75, 3.05) is 33.8 Å². The quantitative estimate of drug-likeness (QED) is 0.549. The number of aromatic nitrogens is 3. The maximum Gasteiger partial charge on any atom is 0.226 e. The van der Waals surface area contributed by atoms with Gasteiger partial charge in [-0.25, -0.2) is 4.68 Å². The molecular formula is C25H26N4O6. The number of hydrogen-bond donors (Lipinski definition) is 2. The van der Waals surface area contributed by atoms with E-state index in [1.165, 1.54) is 13.4 Å². The number of ether oxygens (including phenoxy) is 4. The Morgan fingerprint density at radius 2 is 1.63 bits per heavy atom. The van der Waals surface area contributed by atoms with E-state index >= 15 is 0 Å². The third-order valence-electron chi connectivity index (χ3n) is 6.54. The number of carbonyl (C=O) groups is 1. The van der Waals surface area contributed by atoms with Crippen molar-refractivity contribution in [3.63, 3.8) is 0 Å². The monoisotopic (exact) mass is 478 g/mol. The number of ketones is 1. The van der Waals surface area contributed by atoms with Crippen molar-refractivity contribution in [1.82, 2.24) is 14.8 Å². The van der Waals surface area contributed by atoms with Gasteiger partial charge in [0, 0.05) is 17.7 Å². The van der Waals surface area contributed by atoms with Crippen LogP contribution in [-0.4, -0.2) is 54.1 Å². The zero-order chi connectivity index (χ0) is 24.7. The van der Waals surface area contributed by atoms with Gasteiger partial charge < -0.3 is 29.4 Å². The number of allylic oxidation sites excluding steroid dienone is 2. The van der Waals surface area contributed by atoms with Crippen molar-refractivity contribution in [2.45, 2.75) is 24.8 Å². The lowest BCUT2D eigenvalue weighted by atomic mass is 9.77. The lowest BCUT2D eigenvalue weighted by Crippen LogP contribution is -2.33. The Morgan fingerprint density at radius 3 is 2.29 bits per heavy atom. The highest BCUT2D eigenvalue weighted by Gasteiger charge is 2.40. The summed E-state index contributed by atoms with van der Waals surface area (Å²) < 4.78 is 23.5. The van der Waals surface area contributed by atoms with Crippen molar-refractivity contribution in [3.8, 4) is 28.7 Å². The first-order chi connectivity index (χ1) is 17.0. The van der Waals surface area contributed by atoms with Crippen LogP contribution in [0.15, 0.2) is 47.9 Å². The average Bonchev–Trinajstić information content (AvgIpc) is 3.35. The zero-order valence-electron chi connectivity index (χ0n) is 19.9. The summed E-state index contributed by atoms with van der Waals surface area (Å²) in [6.07, 6.45) is 2.33. The number of phenols is 1. The first-order valence-electron chi connectivity index (χ1n) is 11.1. The van der Waals surface area contributed by atoms with E-state index in [0.29, 0.717) is 47.4 Å². The number of nitrogens with zero attached hydrogens (tertiary/aromatic N) is 3. The normalized spacial score (nSPS) is 18.9. The number of hydrogen-bond acceptors (Lipinski definition) is 9. The number of phenolic OH excluding ortho intramolecular Hbond substituents is 1. The van der Waals surface area contributed by atoms with Crippen molar-refractivity contribution >= 4 is 11.7 Å². The van der Waals surface area contributed by atoms with Crippen LogP contribution in [0.4, 0.5) is 5.95 Å². The molecule has 2 aromatic carbocycles. The highest BCUT2D eigenvalue weighted by atomic mass is 16.5. The highest BCUT2D eigenvalue weighted by molar-refractivity contribution is 6.00. The van der Waals surface area contributed by atoms with E-state index < -0.39 is 6.04 Å². The largest absolute Gasteiger partial charge is 0.504 e. The Labute approximate surface area is 202 Å². The van der Waals surface area contributed by atoms with Crippen LogP contribution in [0.25, 0.3) is 0 Å². The Bertz CT molecular complexity index is 1310. The minimum atomic E-state index is -0.494. The molecule has 2 N–H and O–H groups in total. The molecule has 0 spiro atoms. The van der Waals surface area contributed by atoms with E-state index in [4.69, 9.17) is 18.9 Å². The van der Waals surface area contributed by atoms with Crippen molar-refractivity contribution in [1.29, 1.82) is 0 Å². The molecule has 2 atom stereocenters. The van der Waals surface area contributed by atoms with E-state index in [1.807, 2.05) is 12.1 Å². The number of benzene rings is 2. The van der Waals surface area contributed by atoms with Gasteiger partial charge in [-0.05, 0) is 47.7 Å². The van der Waals surface area contributed by atoms with Crippen LogP contribution < -0.4 is 24.3 Å². The van der Waals surface area contributed by atoms with E-state index in [-0.39, 0.29) is 17.5 Å². The predicted octanol–water partition coefficient (Wildman–Crippen LogP) is 3.43. The van der Waals surface area contributed by atoms with E-state index in [9.17, 15) is 9.90 Å². The third kappa shape index (κ3) is 3.71. The summed E-state index contributed by atoms with van der Waals surface area (Å²) in [5.41, 5.74) is 3.09. The SMILES string of the molecule is COc1cc([C@H]2C3=C(C[C@@H](c4cc(OC)c(OC)c(OC)c4)CC3=O)Nc3ncnn32)ccc1O. The standard InChI is InChI=1S/C25H26N4O6/c1-32-19-9-13(5-6-17(19)30)23-22-16(28-25-26-12-27-29(23)25)7-14(8-18(22)31)15-10-20(33-2)24(35-4)21(11-15)34-3/h5-6,9-12,14,23,30H,7-8H2,1-4H3,(H,26,27,28)/t14-,23+/m1/s1. The van der Waals surface area contributed by atoms with Gasteiger partial charge in [-0.1, -0.05) is 6.07 Å². The Morgan fingerprint density at radius 1 is 0.943 bits per heavy atom. The number of rotatable bonds is 6. The Hall–Kier alpha value is -4.21. The fraction of sp³-hybridized carbons (Fsp3) is 0.320. The molecule has 5 rings (SSSR count). The minimum absolute atomic E-state index is 0.00399. The first-order valence-corrected chi connectivity index (χ1v) is 11.1. The van der Waals surface area contributed by atoms with Crippen molar-refractivity contribution in [3.05, 3.63) is 59.1 Å². The topological polar surface area (TPSA) is 117 Å². The Balaban J connectivity index is 1.58. The highest BCUT2D eigenvalue weighted by Crippen LogP contribution is 2.47. The van der Waals surface area contributed by atoms with Gasteiger partial charge in [0.05, 0.1) is 28.4 Å². The van der Waals surface area contributed by atoms with Crippen molar-refractivity contribution in [2.24, 2.45) is 0 Å². The molecule has 0 amide bonds.